The quantitative estimate of drug-likeness (QED) is 0.916. The molecule has 1 heterocycles. The van der Waals surface area contributed by atoms with Crippen LogP contribution in [0.3, 0.4) is 0 Å². The van der Waals surface area contributed by atoms with Crippen LogP contribution in [0.2, 0.25) is 5.02 Å². The lowest BCUT2D eigenvalue weighted by Gasteiger charge is -2.08. The van der Waals surface area contributed by atoms with Crippen molar-refractivity contribution in [3.05, 3.63) is 63.3 Å². The van der Waals surface area contributed by atoms with E-state index in [4.69, 9.17) is 11.6 Å². The highest BCUT2D eigenvalue weighted by Crippen LogP contribution is 2.14. The lowest BCUT2D eigenvalue weighted by molar-refractivity contribution is -0.121. The number of rotatable bonds is 5. The summed E-state index contributed by atoms with van der Waals surface area (Å²) in [7, 11) is 0. The predicted octanol–water partition coefficient (Wildman–Crippen LogP) is 1.78. The Balaban J connectivity index is 1.96. The Morgan fingerprint density at radius 3 is 2.81 bits per heavy atom. The second-order valence-electron chi connectivity index (χ2n) is 4.57. The van der Waals surface area contributed by atoms with Gasteiger partial charge >= 0.3 is 0 Å². The van der Waals surface area contributed by atoms with Crippen LogP contribution in [0.25, 0.3) is 0 Å². The zero-order valence-corrected chi connectivity index (χ0v) is 12.4. The van der Waals surface area contributed by atoms with Crippen LogP contribution in [-0.2, 0) is 24.3 Å². The van der Waals surface area contributed by atoms with Gasteiger partial charge < -0.3 is 5.32 Å². The highest BCUT2D eigenvalue weighted by atomic mass is 35.5. The molecule has 1 amide bonds. The van der Waals surface area contributed by atoms with Crippen molar-refractivity contribution >= 4 is 17.5 Å². The maximum Gasteiger partial charge on any atom is 0.253 e. The Hall–Kier alpha value is -2.14. The molecule has 0 unspecified atom stereocenters. The van der Waals surface area contributed by atoms with E-state index in [2.05, 4.69) is 10.3 Å². The molecule has 110 valence electrons. The molecule has 2 rings (SSSR count). The van der Waals surface area contributed by atoms with Crippen molar-refractivity contribution in [2.24, 2.45) is 0 Å². The van der Waals surface area contributed by atoms with Crippen molar-refractivity contribution in [2.45, 2.75) is 26.4 Å². The van der Waals surface area contributed by atoms with E-state index in [1.807, 2.05) is 25.1 Å². The SMILES string of the molecule is CCc1cc(=O)n(CC(=O)NCc2ccccc2Cl)cn1. The van der Waals surface area contributed by atoms with Crippen LogP contribution in [0, 0.1) is 0 Å². The van der Waals surface area contributed by atoms with Gasteiger partial charge in [-0.15, -0.1) is 0 Å². The first-order valence-corrected chi connectivity index (χ1v) is 7.03. The van der Waals surface area contributed by atoms with E-state index in [1.165, 1.54) is 17.0 Å². The van der Waals surface area contributed by atoms with Crippen LogP contribution in [0.5, 0.6) is 0 Å². The first-order chi connectivity index (χ1) is 10.1. The monoisotopic (exact) mass is 305 g/mol. The fourth-order valence-corrected chi connectivity index (χ4v) is 2.02. The van der Waals surface area contributed by atoms with Gasteiger partial charge in [0.1, 0.15) is 6.54 Å². The minimum absolute atomic E-state index is 0.0553. The van der Waals surface area contributed by atoms with Gasteiger partial charge in [-0.1, -0.05) is 36.7 Å². The maximum atomic E-state index is 11.9. The van der Waals surface area contributed by atoms with Crippen LogP contribution in [0.15, 0.2) is 41.5 Å². The average molecular weight is 306 g/mol. The van der Waals surface area contributed by atoms with Crippen molar-refractivity contribution < 1.29 is 4.79 Å². The number of carbonyl (C=O) groups is 1. The molecule has 0 bridgehead atoms. The zero-order valence-electron chi connectivity index (χ0n) is 11.7. The lowest BCUT2D eigenvalue weighted by atomic mass is 10.2. The lowest BCUT2D eigenvalue weighted by Crippen LogP contribution is -2.32. The first-order valence-electron chi connectivity index (χ1n) is 6.65. The molecular formula is C15H16ClN3O2. The summed E-state index contributed by atoms with van der Waals surface area (Å²) in [6.07, 6.45) is 2.09. The number of nitrogens with one attached hydrogen (secondary N) is 1. The second kappa shape index (κ2) is 7.04. The normalized spacial score (nSPS) is 10.4. The zero-order chi connectivity index (χ0) is 15.2. The molecule has 21 heavy (non-hydrogen) atoms. The highest BCUT2D eigenvalue weighted by molar-refractivity contribution is 6.31. The van der Waals surface area contributed by atoms with Gasteiger partial charge in [0.2, 0.25) is 5.91 Å². The van der Waals surface area contributed by atoms with Crippen LogP contribution < -0.4 is 10.9 Å². The van der Waals surface area contributed by atoms with E-state index < -0.39 is 0 Å². The fourth-order valence-electron chi connectivity index (χ4n) is 1.82. The van der Waals surface area contributed by atoms with E-state index in [9.17, 15) is 9.59 Å². The van der Waals surface area contributed by atoms with Crippen molar-refractivity contribution in [2.75, 3.05) is 0 Å². The molecule has 0 fully saturated rings. The van der Waals surface area contributed by atoms with Gasteiger partial charge in [-0.25, -0.2) is 4.98 Å². The molecule has 0 saturated heterocycles. The van der Waals surface area contributed by atoms with E-state index in [1.54, 1.807) is 6.07 Å². The number of benzene rings is 1. The van der Waals surface area contributed by atoms with E-state index in [-0.39, 0.29) is 18.0 Å². The third kappa shape index (κ3) is 4.16. The van der Waals surface area contributed by atoms with E-state index >= 15 is 0 Å². The second-order valence-corrected chi connectivity index (χ2v) is 4.98. The number of aryl methyl sites for hydroxylation is 1. The van der Waals surface area contributed by atoms with Crippen LogP contribution in [0.4, 0.5) is 0 Å². The van der Waals surface area contributed by atoms with Crippen molar-refractivity contribution in [3.63, 3.8) is 0 Å². The predicted molar refractivity (Wildman–Crippen MR) is 81.2 cm³/mol. The molecule has 6 heteroatoms. The summed E-state index contributed by atoms with van der Waals surface area (Å²) in [4.78, 5) is 27.8. The van der Waals surface area contributed by atoms with E-state index in [0.29, 0.717) is 23.7 Å². The summed E-state index contributed by atoms with van der Waals surface area (Å²) < 4.78 is 1.28. The highest BCUT2D eigenvalue weighted by Gasteiger charge is 2.06. The molecule has 1 aromatic heterocycles. The smallest absolute Gasteiger partial charge is 0.253 e. The Bertz CT molecular complexity index is 697. The van der Waals surface area contributed by atoms with Gasteiger partial charge in [0.15, 0.2) is 0 Å². The molecule has 0 aliphatic rings. The van der Waals surface area contributed by atoms with E-state index in [0.717, 1.165) is 5.56 Å². The molecule has 0 radical (unpaired) electrons. The molecule has 2 aromatic rings. The Kier molecular flexibility index (Phi) is 5.11. The number of hydrogen-bond donors (Lipinski definition) is 1. The molecule has 0 aliphatic carbocycles. The van der Waals surface area contributed by atoms with Gasteiger partial charge in [-0.05, 0) is 18.1 Å². The summed E-state index contributed by atoms with van der Waals surface area (Å²) in [5.74, 6) is -0.261. The minimum atomic E-state index is -0.261. The van der Waals surface area contributed by atoms with Gasteiger partial charge in [-0.3, -0.25) is 14.2 Å². The number of aromatic nitrogens is 2. The number of halogens is 1. The maximum absolute atomic E-state index is 11.9. The number of carbonyl (C=O) groups excluding carboxylic acids is 1. The molecule has 1 N–H and O–H groups in total. The largest absolute Gasteiger partial charge is 0.350 e. The van der Waals surface area contributed by atoms with Crippen molar-refractivity contribution in [3.8, 4) is 0 Å². The van der Waals surface area contributed by atoms with Gasteiger partial charge in [0.05, 0.1) is 6.33 Å². The standard InChI is InChI=1S/C15H16ClN3O2/c1-2-12-7-15(21)19(10-18-12)9-14(20)17-8-11-5-3-4-6-13(11)16/h3-7,10H,2,8-9H2,1H3,(H,17,20). The summed E-state index contributed by atoms with van der Waals surface area (Å²) in [5.41, 5.74) is 1.32. The Labute approximate surface area is 127 Å². The van der Waals surface area contributed by atoms with Gasteiger partial charge in [0.25, 0.3) is 5.56 Å². The fraction of sp³-hybridized carbons (Fsp3) is 0.267. The summed E-state index contributed by atoms with van der Waals surface area (Å²) >= 11 is 6.01. The van der Waals surface area contributed by atoms with Crippen LogP contribution in [0.1, 0.15) is 18.2 Å². The third-order valence-electron chi connectivity index (χ3n) is 3.05. The topological polar surface area (TPSA) is 64.0 Å². The van der Waals surface area contributed by atoms with Crippen molar-refractivity contribution in [1.82, 2.24) is 14.9 Å². The van der Waals surface area contributed by atoms with Crippen LogP contribution >= 0.6 is 11.6 Å². The first kappa shape index (κ1) is 15.3. The molecular weight excluding hydrogens is 290 g/mol. The summed E-state index contributed by atoms with van der Waals surface area (Å²) in [6.45, 7) is 2.19. The van der Waals surface area contributed by atoms with Crippen LogP contribution in [-0.4, -0.2) is 15.5 Å². The summed E-state index contributed by atoms with van der Waals surface area (Å²) in [6, 6.07) is 8.73. The molecule has 0 spiro atoms. The molecule has 5 nitrogen and oxygen atoms in total. The summed E-state index contributed by atoms with van der Waals surface area (Å²) in [5, 5.41) is 3.33. The molecule has 1 aromatic carbocycles. The Morgan fingerprint density at radius 2 is 2.14 bits per heavy atom. The average Bonchev–Trinajstić information content (AvgIpc) is 2.48. The number of hydrogen-bond acceptors (Lipinski definition) is 3. The van der Waals surface area contributed by atoms with Crippen molar-refractivity contribution in [1.29, 1.82) is 0 Å². The number of amides is 1. The van der Waals surface area contributed by atoms with Gasteiger partial charge in [-0.2, -0.15) is 0 Å². The molecule has 0 saturated carbocycles. The minimum Gasteiger partial charge on any atom is -0.350 e. The van der Waals surface area contributed by atoms with Gasteiger partial charge in [0, 0.05) is 23.3 Å². The molecule has 0 aliphatic heterocycles. The number of nitrogens with zero attached hydrogens (tertiary/aromatic N) is 2. The Morgan fingerprint density at radius 1 is 1.38 bits per heavy atom. The molecule has 0 atom stereocenters. The third-order valence-corrected chi connectivity index (χ3v) is 3.41.